The first-order valence-electron chi connectivity index (χ1n) is 25.4. The van der Waals surface area contributed by atoms with E-state index in [2.05, 4.69) is 109 Å². The number of carboxylic acid groups (broad SMARTS) is 1. The number of benzene rings is 1. The Hall–Kier alpha value is -1.51. The first-order chi connectivity index (χ1) is 31.1. The standard InChI is InChI=1S/C52H92O11SSi3/c1-18-67(19-2,20-3)58-30-24-25-39-32-37(5)43(60-39)29-28-40-31-36(4)38(6)44(61-40)34-45-47(49(50(53)54)64(55,56)42-26-22-21-23-27-42)48(57-13)46(62-45)33-41(63-66(16,17)52(10,11)12)35-59-65(14,15)51(7,8)9/h21-23,26-27,36,39-41,43-49H,5-6,18-20,24-25,28-35H2,1-4,7-17H3,(H,53,54)/t36-,39+,40+,41+,43+,44-,45+,46-,47+,48+,49?/m1/s1. The topological polar surface area (TPSA) is 136 Å². The SMILES string of the molecule is C=C1C[C@H](CCCO[Si](CC)(CC)CC)O[C@H]1CC[C@H]1C[C@@H](C)C(=C)[C@@H](C[C@@H]2O[C@H](C[C@@H](CO[Si](C)(C)C(C)(C)C)O[Si](C)(C)C(C)(C)C)[C@H](OC)[C@H]2C(C(=O)O)S(=O)(=O)c2ccccc2)O1. The molecule has 4 rings (SSSR count). The molecule has 0 aromatic heterocycles. The van der Waals surface area contributed by atoms with E-state index < -0.39 is 82.4 Å². The van der Waals surface area contributed by atoms with E-state index in [1.807, 2.05) is 0 Å². The van der Waals surface area contributed by atoms with Crippen molar-refractivity contribution in [1.82, 2.24) is 0 Å². The Balaban J connectivity index is 1.60. The van der Waals surface area contributed by atoms with Gasteiger partial charge in [0, 0.05) is 32.5 Å². The molecule has 15 heteroatoms. The van der Waals surface area contributed by atoms with Crippen LogP contribution in [0.25, 0.3) is 0 Å². The highest BCUT2D eigenvalue weighted by molar-refractivity contribution is 7.92. The molecule has 1 aromatic rings. The third-order valence-corrected chi connectivity index (χ3v) is 32.4. The smallest absolute Gasteiger partial charge is 0.322 e. The number of rotatable bonds is 25. The zero-order valence-corrected chi connectivity index (χ0v) is 48.1. The summed E-state index contributed by atoms with van der Waals surface area (Å²) in [6.07, 6.45) is 2.25. The molecule has 3 heterocycles. The molecular formula is C52H92O11SSi3. The van der Waals surface area contributed by atoms with Gasteiger partial charge in [0.25, 0.3) is 0 Å². The summed E-state index contributed by atoms with van der Waals surface area (Å²) < 4.78 is 76.3. The number of ether oxygens (including phenoxy) is 4. The molecule has 3 fully saturated rings. The van der Waals surface area contributed by atoms with Crippen LogP contribution in [0.4, 0.5) is 0 Å². The summed E-state index contributed by atoms with van der Waals surface area (Å²) in [5.74, 6) is -2.42. The van der Waals surface area contributed by atoms with E-state index in [4.69, 9.17) is 32.2 Å². The zero-order valence-electron chi connectivity index (χ0n) is 44.3. The van der Waals surface area contributed by atoms with Crippen molar-refractivity contribution >= 4 is 40.8 Å². The van der Waals surface area contributed by atoms with Crippen LogP contribution in [-0.4, -0.2) is 119 Å². The van der Waals surface area contributed by atoms with Crippen molar-refractivity contribution in [1.29, 1.82) is 0 Å². The fourth-order valence-corrected chi connectivity index (χ4v) is 16.7. The minimum absolute atomic E-state index is 0.0380. The van der Waals surface area contributed by atoms with Gasteiger partial charge in [-0.3, -0.25) is 4.79 Å². The van der Waals surface area contributed by atoms with E-state index in [0.29, 0.717) is 13.0 Å². The molecule has 11 nitrogen and oxygen atoms in total. The van der Waals surface area contributed by atoms with Gasteiger partial charge >= 0.3 is 5.97 Å². The van der Waals surface area contributed by atoms with Crippen molar-refractivity contribution < 1.29 is 50.5 Å². The maximum absolute atomic E-state index is 14.6. The zero-order chi connectivity index (χ0) is 50.3. The van der Waals surface area contributed by atoms with Crippen molar-refractivity contribution in [3.63, 3.8) is 0 Å². The van der Waals surface area contributed by atoms with Crippen molar-refractivity contribution in [3.8, 4) is 0 Å². The van der Waals surface area contributed by atoms with Crippen LogP contribution in [0.5, 0.6) is 0 Å². The van der Waals surface area contributed by atoms with Crippen LogP contribution < -0.4 is 0 Å². The van der Waals surface area contributed by atoms with Crippen molar-refractivity contribution in [2.75, 3.05) is 20.3 Å². The van der Waals surface area contributed by atoms with E-state index in [1.54, 1.807) is 18.2 Å². The lowest BCUT2D eigenvalue weighted by Gasteiger charge is -2.42. The number of carbonyl (C=O) groups is 1. The molecule has 0 spiro atoms. The second-order valence-electron chi connectivity index (χ2n) is 23.0. The molecular weight excluding hydrogens is 917 g/mol. The number of carboxylic acids is 1. The number of hydrogen-bond donors (Lipinski definition) is 1. The summed E-state index contributed by atoms with van der Waals surface area (Å²) in [5.41, 5.74) is 2.01. The molecule has 3 aliphatic rings. The van der Waals surface area contributed by atoms with E-state index >= 15 is 0 Å². The van der Waals surface area contributed by atoms with Gasteiger partial charge in [0.1, 0.15) is 0 Å². The second-order valence-corrected chi connectivity index (χ2v) is 39.4. The number of aliphatic carboxylic acids is 1. The fourth-order valence-electron chi connectivity index (χ4n) is 9.79. The first-order valence-corrected chi connectivity index (χ1v) is 35.3. The molecule has 67 heavy (non-hydrogen) atoms. The minimum atomic E-state index is -4.42. The predicted molar refractivity (Wildman–Crippen MR) is 278 cm³/mol. The van der Waals surface area contributed by atoms with Crippen LogP contribution >= 0.6 is 0 Å². The quantitative estimate of drug-likeness (QED) is 0.0569. The lowest BCUT2D eigenvalue weighted by Crippen LogP contribution is -2.50. The Labute approximate surface area is 410 Å². The van der Waals surface area contributed by atoms with Gasteiger partial charge in [-0.2, -0.15) is 0 Å². The Morgan fingerprint density at radius 3 is 1.99 bits per heavy atom. The van der Waals surface area contributed by atoms with Gasteiger partial charge in [0.05, 0.1) is 60.3 Å². The maximum atomic E-state index is 14.6. The van der Waals surface area contributed by atoms with E-state index in [-0.39, 0.29) is 45.6 Å². The molecule has 0 saturated carbocycles. The molecule has 11 atom stereocenters. The normalized spacial score (nSPS) is 28.0. The first kappa shape index (κ1) is 58.1. The Morgan fingerprint density at radius 2 is 1.43 bits per heavy atom. The predicted octanol–water partition coefficient (Wildman–Crippen LogP) is 12.2. The van der Waals surface area contributed by atoms with E-state index in [9.17, 15) is 18.3 Å². The van der Waals surface area contributed by atoms with Gasteiger partial charge in [0.15, 0.2) is 40.0 Å². The number of hydrogen-bond acceptors (Lipinski definition) is 10. The summed E-state index contributed by atoms with van der Waals surface area (Å²) >= 11 is 0. The summed E-state index contributed by atoms with van der Waals surface area (Å²) in [6, 6.07) is 11.3. The highest BCUT2D eigenvalue weighted by atomic mass is 32.2. The van der Waals surface area contributed by atoms with Crippen molar-refractivity contribution in [2.24, 2.45) is 11.8 Å². The van der Waals surface area contributed by atoms with Crippen LogP contribution in [0, 0.1) is 11.8 Å². The maximum Gasteiger partial charge on any atom is 0.322 e. The van der Waals surface area contributed by atoms with Crippen LogP contribution in [0.3, 0.4) is 0 Å². The third kappa shape index (κ3) is 14.6. The number of methoxy groups -OCH3 is 1. The Bertz CT molecular complexity index is 1870. The Kier molecular flexibility index (Phi) is 20.6. The summed E-state index contributed by atoms with van der Waals surface area (Å²) in [5, 5.41) is 9.01. The van der Waals surface area contributed by atoms with Gasteiger partial charge in [-0.05, 0) is 122 Å². The average Bonchev–Trinajstić information content (AvgIpc) is 3.77. The van der Waals surface area contributed by atoms with Crippen LogP contribution in [0.2, 0.25) is 54.4 Å². The molecule has 3 saturated heterocycles. The van der Waals surface area contributed by atoms with Crippen LogP contribution in [0.1, 0.15) is 121 Å². The lowest BCUT2D eigenvalue weighted by molar-refractivity contribution is -0.139. The van der Waals surface area contributed by atoms with Gasteiger partial charge in [-0.25, -0.2) is 8.42 Å². The highest BCUT2D eigenvalue weighted by Crippen LogP contribution is 2.45. The summed E-state index contributed by atoms with van der Waals surface area (Å²) in [6.45, 7) is 41.0. The van der Waals surface area contributed by atoms with Crippen LogP contribution in [0.15, 0.2) is 59.5 Å². The lowest BCUT2D eigenvalue weighted by atomic mass is 9.82. The molecule has 3 aliphatic heterocycles. The molecule has 1 N–H and O–H groups in total. The fraction of sp³-hybridized carbons (Fsp3) is 0.788. The summed E-state index contributed by atoms with van der Waals surface area (Å²) in [7, 11) is -9.11. The van der Waals surface area contributed by atoms with Gasteiger partial charge in [0.2, 0.25) is 0 Å². The van der Waals surface area contributed by atoms with Gasteiger partial charge < -0.3 is 37.3 Å². The molecule has 1 aromatic carbocycles. The average molecular weight is 1010 g/mol. The molecule has 0 aliphatic carbocycles. The van der Waals surface area contributed by atoms with Crippen molar-refractivity contribution in [2.45, 2.75) is 234 Å². The minimum Gasteiger partial charge on any atom is -0.480 e. The Morgan fingerprint density at radius 1 is 0.836 bits per heavy atom. The largest absolute Gasteiger partial charge is 0.480 e. The molecule has 1 unspecified atom stereocenters. The van der Waals surface area contributed by atoms with Gasteiger partial charge in [-0.15, -0.1) is 0 Å². The van der Waals surface area contributed by atoms with Crippen molar-refractivity contribution in [3.05, 3.63) is 54.6 Å². The molecule has 0 amide bonds. The van der Waals surface area contributed by atoms with Crippen LogP contribution in [-0.2, 0) is 46.9 Å². The highest BCUT2D eigenvalue weighted by Gasteiger charge is 2.57. The van der Waals surface area contributed by atoms with E-state index in [1.165, 1.54) is 19.2 Å². The van der Waals surface area contributed by atoms with Gasteiger partial charge in [-0.1, -0.05) is 101 Å². The van der Waals surface area contributed by atoms with E-state index in [0.717, 1.165) is 74.4 Å². The summed E-state index contributed by atoms with van der Waals surface area (Å²) in [4.78, 5) is 13.5. The second kappa shape index (κ2) is 23.8. The third-order valence-electron chi connectivity index (χ3n) is 16.5. The monoisotopic (exact) mass is 1010 g/mol. The molecule has 0 bridgehead atoms. The molecule has 0 radical (unpaired) electrons. The number of sulfone groups is 1. The molecule has 384 valence electrons.